The number of hydrogen-bond acceptors (Lipinski definition) is 3. The van der Waals surface area contributed by atoms with Crippen LogP contribution in [0.2, 0.25) is 0 Å². The summed E-state index contributed by atoms with van der Waals surface area (Å²) in [5.41, 5.74) is 1.18. The number of hydrogen-bond donors (Lipinski definition) is 1. The molecule has 1 atom stereocenters. The molecule has 0 aliphatic rings. The van der Waals surface area contributed by atoms with Crippen molar-refractivity contribution in [2.75, 3.05) is 6.26 Å². The van der Waals surface area contributed by atoms with Crippen LogP contribution in [0, 0.1) is 13.8 Å². The van der Waals surface area contributed by atoms with E-state index in [1.165, 1.54) is 5.56 Å². The van der Waals surface area contributed by atoms with Gasteiger partial charge in [-0.3, -0.25) is 0 Å². The fraction of sp³-hybridized carbons (Fsp3) is 0.556. The second-order valence-corrected chi connectivity index (χ2v) is 5.44. The molecule has 0 amide bonds. The van der Waals surface area contributed by atoms with E-state index in [9.17, 15) is 0 Å². The first-order valence-electron chi connectivity index (χ1n) is 3.82. The highest BCUT2D eigenvalue weighted by molar-refractivity contribution is 8.10. The van der Waals surface area contributed by atoms with Crippen molar-refractivity contribution in [1.82, 2.24) is 0 Å². The molecule has 0 fully saturated rings. The molecule has 1 aromatic heterocycles. The molecule has 3 heteroatoms. The lowest BCUT2D eigenvalue weighted by molar-refractivity contribution is 0.501. The van der Waals surface area contributed by atoms with Crippen molar-refractivity contribution in [3.05, 3.63) is 23.2 Å². The minimum Gasteiger partial charge on any atom is -0.466 e. The third-order valence-corrected chi connectivity index (χ3v) is 3.74. The molecule has 0 aliphatic heterocycles. The van der Waals surface area contributed by atoms with Gasteiger partial charge in [-0.1, -0.05) is 0 Å². The molecule has 0 bridgehead atoms. The van der Waals surface area contributed by atoms with Crippen LogP contribution in [0.1, 0.15) is 24.0 Å². The molecule has 1 unspecified atom stereocenters. The van der Waals surface area contributed by atoms with Crippen molar-refractivity contribution in [2.45, 2.75) is 24.9 Å². The van der Waals surface area contributed by atoms with Gasteiger partial charge in [-0.2, -0.15) is 12.6 Å². The van der Waals surface area contributed by atoms with Crippen LogP contribution in [0.25, 0.3) is 0 Å². The van der Waals surface area contributed by atoms with Crippen molar-refractivity contribution < 1.29 is 4.42 Å². The average Bonchev–Trinajstić information content (AvgIpc) is 2.31. The SMILES string of the molecule is CSC(C)(S)c1cc(C)oc1C. The summed E-state index contributed by atoms with van der Waals surface area (Å²) in [6.45, 7) is 6.02. The first kappa shape index (κ1) is 10.1. The molecule has 1 rings (SSSR count). The van der Waals surface area contributed by atoms with Crippen LogP contribution in [-0.2, 0) is 4.08 Å². The van der Waals surface area contributed by atoms with Crippen molar-refractivity contribution in [3.8, 4) is 0 Å². The molecule has 0 N–H and O–H groups in total. The molecule has 0 spiro atoms. The summed E-state index contributed by atoms with van der Waals surface area (Å²) in [5, 5.41) is 0. The summed E-state index contributed by atoms with van der Waals surface area (Å²) < 4.78 is 5.30. The second kappa shape index (κ2) is 3.38. The van der Waals surface area contributed by atoms with Crippen LogP contribution >= 0.6 is 24.4 Å². The lowest BCUT2D eigenvalue weighted by Crippen LogP contribution is -2.07. The van der Waals surface area contributed by atoms with Gasteiger partial charge in [0.1, 0.15) is 11.5 Å². The monoisotopic (exact) mass is 202 g/mol. The number of thiol groups is 1. The zero-order valence-electron chi connectivity index (χ0n) is 7.84. The standard InChI is InChI=1S/C9H14OS2/c1-6-5-8(7(2)10-6)9(3,11)12-4/h5,11H,1-4H3. The smallest absolute Gasteiger partial charge is 0.106 e. The summed E-state index contributed by atoms with van der Waals surface area (Å²) in [5.74, 6) is 1.93. The quantitative estimate of drug-likeness (QED) is 0.583. The van der Waals surface area contributed by atoms with E-state index in [2.05, 4.69) is 31.9 Å². The zero-order chi connectivity index (χ0) is 9.35. The van der Waals surface area contributed by atoms with Gasteiger partial charge in [0.25, 0.3) is 0 Å². The fourth-order valence-corrected chi connectivity index (χ4v) is 1.85. The molecular formula is C9H14OS2. The highest BCUT2D eigenvalue weighted by Crippen LogP contribution is 2.40. The predicted molar refractivity (Wildman–Crippen MR) is 58.0 cm³/mol. The first-order chi connectivity index (χ1) is 5.47. The molecule has 12 heavy (non-hydrogen) atoms. The maximum absolute atomic E-state index is 5.44. The summed E-state index contributed by atoms with van der Waals surface area (Å²) in [6, 6.07) is 2.05. The van der Waals surface area contributed by atoms with Gasteiger partial charge in [-0.15, -0.1) is 11.8 Å². The minimum absolute atomic E-state index is 0.137. The molecule has 68 valence electrons. The van der Waals surface area contributed by atoms with E-state index >= 15 is 0 Å². The second-order valence-electron chi connectivity index (χ2n) is 3.01. The summed E-state index contributed by atoms with van der Waals surface area (Å²) in [6.07, 6.45) is 2.05. The summed E-state index contributed by atoms with van der Waals surface area (Å²) in [4.78, 5) is 0. The van der Waals surface area contributed by atoms with Crippen molar-refractivity contribution >= 4 is 24.4 Å². The molecular weight excluding hydrogens is 188 g/mol. The molecule has 0 saturated carbocycles. The third-order valence-electron chi connectivity index (χ3n) is 1.94. The van der Waals surface area contributed by atoms with Gasteiger partial charge in [-0.25, -0.2) is 0 Å². The Bertz CT molecular complexity index is 276. The molecule has 0 saturated heterocycles. The van der Waals surface area contributed by atoms with Gasteiger partial charge >= 0.3 is 0 Å². The van der Waals surface area contributed by atoms with Gasteiger partial charge in [0.05, 0.1) is 4.08 Å². The number of rotatable bonds is 2. The topological polar surface area (TPSA) is 13.1 Å². The molecule has 1 nitrogen and oxygen atoms in total. The maximum Gasteiger partial charge on any atom is 0.106 e. The van der Waals surface area contributed by atoms with Crippen LogP contribution in [0.4, 0.5) is 0 Å². The van der Waals surface area contributed by atoms with E-state index in [4.69, 9.17) is 4.42 Å². The lowest BCUT2D eigenvalue weighted by Gasteiger charge is -2.19. The van der Waals surface area contributed by atoms with Crippen molar-refractivity contribution in [1.29, 1.82) is 0 Å². The van der Waals surface area contributed by atoms with E-state index in [0.717, 1.165) is 11.5 Å². The number of furan rings is 1. The largest absolute Gasteiger partial charge is 0.466 e. The van der Waals surface area contributed by atoms with Crippen LogP contribution in [0.5, 0.6) is 0 Å². The van der Waals surface area contributed by atoms with Crippen LogP contribution in [0.15, 0.2) is 10.5 Å². The van der Waals surface area contributed by atoms with Gasteiger partial charge in [-0.05, 0) is 33.1 Å². The van der Waals surface area contributed by atoms with Crippen LogP contribution < -0.4 is 0 Å². The van der Waals surface area contributed by atoms with Crippen molar-refractivity contribution in [3.63, 3.8) is 0 Å². The highest BCUT2D eigenvalue weighted by Gasteiger charge is 2.24. The average molecular weight is 202 g/mol. The fourth-order valence-electron chi connectivity index (χ4n) is 1.20. The molecule has 1 heterocycles. The highest BCUT2D eigenvalue weighted by atomic mass is 32.2. The molecule has 0 aliphatic carbocycles. The Morgan fingerprint density at radius 1 is 1.50 bits per heavy atom. The molecule has 1 aromatic rings. The van der Waals surface area contributed by atoms with Gasteiger partial charge in [0, 0.05) is 5.56 Å². The van der Waals surface area contributed by atoms with Gasteiger partial charge in [0.15, 0.2) is 0 Å². The van der Waals surface area contributed by atoms with E-state index in [0.29, 0.717) is 0 Å². The normalized spacial score (nSPS) is 16.1. The Balaban J connectivity index is 3.09. The Morgan fingerprint density at radius 2 is 2.08 bits per heavy atom. The van der Waals surface area contributed by atoms with Crippen molar-refractivity contribution in [2.24, 2.45) is 0 Å². The minimum atomic E-state index is -0.137. The Kier molecular flexibility index (Phi) is 2.84. The Hall–Kier alpha value is -0.0200. The van der Waals surface area contributed by atoms with Crippen LogP contribution in [0.3, 0.4) is 0 Å². The lowest BCUT2D eigenvalue weighted by atomic mass is 10.2. The van der Waals surface area contributed by atoms with Gasteiger partial charge < -0.3 is 4.42 Å². The molecule has 0 radical (unpaired) electrons. The van der Waals surface area contributed by atoms with Gasteiger partial charge in [0.2, 0.25) is 0 Å². The van der Waals surface area contributed by atoms with E-state index < -0.39 is 0 Å². The van der Waals surface area contributed by atoms with E-state index in [1.54, 1.807) is 11.8 Å². The predicted octanol–water partition coefficient (Wildman–Crippen LogP) is 3.36. The Morgan fingerprint density at radius 3 is 2.42 bits per heavy atom. The van der Waals surface area contributed by atoms with Crippen LogP contribution in [-0.4, -0.2) is 6.26 Å². The first-order valence-corrected chi connectivity index (χ1v) is 5.49. The Labute approximate surface area is 83.3 Å². The number of thioether (sulfide) groups is 1. The van der Waals surface area contributed by atoms with E-state index in [1.807, 2.05) is 13.8 Å². The van der Waals surface area contributed by atoms with E-state index in [-0.39, 0.29) is 4.08 Å². The molecule has 0 aromatic carbocycles. The maximum atomic E-state index is 5.44. The summed E-state index contributed by atoms with van der Waals surface area (Å²) >= 11 is 6.27. The zero-order valence-corrected chi connectivity index (χ0v) is 9.55. The summed E-state index contributed by atoms with van der Waals surface area (Å²) in [7, 11) is 0. The third kappa shape index (κ3) is 1.83. The number of aryl methyl sites for hydroxylation is 2.